The molecule has 0 unspecified atom stereocenters. The van der Waals surface area contributed by atoms with Crippen LogP contribution in [0.15, 0.2) is 60.7 Å². The summed E-state index contributed by atoms with van der Waals surface area (Å²) in [5.41, 5.74) is 2.75. The van der Waals surface area contributed by atoms with E-state index in [1.807, 2.05) is 0 Å². The van der Waals surface area contributed by atoms with Gasteiger partial charge in [-0.25, -0.2) is 0 Å². The minimum atomic E-state index is 0.00269. The largest absolute Gasteiger partial charge is 0.374 e. The summed E-state index contributed by atoms with van der Waals surface area (Å²) in [5, 5.41) is 0. The van der Waals surface area contributed by atoms with Crippen molar-refractivity contribution < 1.29 is 4.74 Å². The van der Waals surface area contributed by atoms with Crippen LogP contribution in [0.1, 0.15) is 24.0 Å². The second kappa shape index (κ2) is 5.58. The molecule has 2 aromatic rings. The molecule has 0 saturated carbocycles. The van der Waals surface area contributed by atoms with E-state index >= 15 is 0 Å². The molecule has 1 aliphatic rings. The smallest absolute Gasteiger partial charge is 0.0763 e. The van der Waals surface area contributed by atoms with Crippen molar-refractivity contribution in [2.24, 2.45) is 0 Å². The Kier molecular flexibility index (Phi) is 3.65. The molecule has 1 nitrogen and oxygen atoms in total. The summed E-state index contributed by atoms with van der Waals surface area (Å²) in [5.74, 6) is 0. The van der Waals surface area contributed by atoms with Crippen molar-refractivity contribution in [3.8, 4) is 0 Å². The summed E-state index contributed by atoms with van der Waals surface area (Å²) in [6.07, 6.45) is 4.38. The van der Waals surface area contributed by atoms with Crippen LogP contribution in [0.5, 0.6) is 0 Å². The maximum absolute atomic E-state index is 6.15. The number of hydrogen-bond acceptors (Lipinski definition) is 1. The quantitative estimate of drug-likeness (QED) is 0.798. The molecule has 0 radical (unpaired) electrons. The van der Waals surface area contributed by atoms with Crippen LogP contribution in [0, 0.1) is 0 Å². The first kappa shape index (κ1) is 12.4. The molecule has 0 aromatic heterocycles. The third-order valence-corrected chi connectivity index (χ3v) is 3.92. The lowest BCUT2D eigenvalue weighted by atomic mass is 9.86. The second-order valence-electron chi connectivity index (χ2n) is 5.46. The Morgan fingerprint density at radius 3 is 1.74 bits per heavy atom. The van der Waals surface area contributed by atoms with E-state index < -0.39 is 0 Å². The molecule has 0 N–H and O–H groups in total. The van der Waals surface area contributed by atoms with Gasteiger partial charge in [0.2, 0.25) is 0 Å². The van der Waals surface area contributed by atoms with Gasteiger partial charge >= 0.3 is 0 Å². The van der Waals surface area contributed by atoms with Crippen molar-refractivity contribution in [1.82, 2.24) is 0 Å². The van der Waals surface area contributed by atoms with E-state index in [9.17, 15) is 0 Å². The van der Waals surface area contributed by atoms with Crippen molar-refractivity contribution in [2.75, 3.05) is 6.61 Å². The summed E-state index contributed by atoms with van der Waals surface area (Å²) >= 11 is 0. The van der Waals surface area contributed by atoms with E-state index in [0.717, 1.165) is 25.9 Å². The summed E-state index contributed by atoms with van der Waals surface area (Å²) in [4.78, 5) is 0. The number of hydrogen-bond donors (Lipinski definition) is 0. The van der Waals surface area contributed by atoms with Gasteiger partial charge in [0, 0.05) is 19.4 Å². The summed E-state index contributed by atoms with van der Waals surface area (Å²) in [6.45, 7) is 0.902. The summed E-state index contributed by atoms with van der Waals surface area (Å²) < 4.78 is 6.15. The highest BCUT2D eigenvalue weighted by atomic mass is 16.5. The predicted molar refractivity (Wildman–Crippen MR) is 78.2 cm³/mol. The fourth-order valence-corrected chi connectivity index (χ4v) is 3.03. The van der Waals surface area contributed by atoms with Crippen LogP contribution in [-0.4, -0.2) is 12.2 Å². The molecule has 0 amide bonds. The lowest BCUT2D eigenvalue weighted by molar-refractivity contribution is 0.00487. The van der Waals surface area contributed by atoms with Crippen LogP contribution >= 0.6 is 0 Å². The first-order valence-electron chi connectivity index (χ1n) is 7.08. The zero-order chi connectivity index (χ0) is 13.0. The molecule has 19 heavy (non-hydrogen) atoms. The standard InChI is InChI=1S/C18H20O/c1-3-8-16(9-4-1)14-18(12-7-13-19-18)15-17-10-5-2-6-11-17/h1-6,8-11H,7,12-15H2. The molecule has 1 heterocycles. The highest BCUT2D eigenvalue weighted by Gasteiger charge is 2.35. The molecule has 2 aromatic carbocycles. The van der Waals surface area contributed by atoms with Crippen molar-refractivity contribution in [2.45, 2.75) is 31.3 Å². The van der Waals surface area contributed by atoms with Crippen molar-refractivity contribution in [3.05, 3.63) is 71.8 Å². The Morgan fingerprint density at radius 1 is 0.789 bits per heavy atom. The minimum Gasteiger partial charge on any atom is -0.374 e. The van der Waals surface area contributed by atoms with Crippen LogP contribution in [-0.2, 0) is 17.6 Å². The van der Waals surface area contributed by atoms with Crippen LogP contribution in [0.3, 0.4) is 0 Å². The van der Waals surface area contributed by atoms with Gasteiger partial charge in [-0.05, 0) is 24.0 Å². The maximum Gasteiger partial charge on any atom is 0.0763 e. The van der Waals surface area contributed by atoms with E-state index in [0.29, 0.717) is 0 Å². The third kappa shape index (κ3) is 3.05. The van der Waals surface area contributed by atoms with E-state index in [1.165, 1.54) is 17.5 Å². The molecular weight excluding hydrogens is 232 g/mol. The molecule has 0 atom stereocenters. The van der Waals surface area contributed by atoms with Crippen LogP contribution in [0.25, 0.3) is 0 Å². The Labute approximate surface area is 115 Å². The van der Waals surface area contributed by atoms with Gasteiger partial charge in [-0.2, -0.15) is 0 Å². The van der Waals surface area contributed by atoms with Crippen LogP contribution < -0.4 is 0 Å². The SMILES string of the molecule is c1ccc(CC2(Cc3ccccc3)CCCO2)cc1. The minimum absolute atomic E-state index is 0.00269. The van der Waals surface area contributed by atoms with Gasteiger partial charge in [-0.15, -0.1) is 0 Å². The molecule has 1 aliphatic heterocycles. The third-order valence-electron chi connectivity index (χ3n) is 3.92. The fraction of sp³-hybridized carbons (Fsp3) is 0.333. The van der Waals surface area contributed by atoms with E-state index in [2.05, 4.69) is 60.7 Å². The van der Waals surface area contributed by atoms with Gasteiger partial charge in [0.25, 0.3) is 0 Å². The fourth-order valence-electron chi connectivity index (χ4n) is 3.03. The van der Waals surface area contributed by atoms with Crippen molar-refractivity contribution >= 4 is 0 Å². The summed E-state index contributed by atoms with van der Waals surface area (Å²) in [6, 6.07) is 21.4. The Hall–Kier alpha value is -1.60. The Morgan fingerprint density at radius 2 is 1.32 bits per heavy atom. The zero-order valence-electron chi connectivity index (χ0n) is 11.2. The molecule has 0 bridgehead atoms. The first-order valence-corrected chi connectivity index (χ1v) is 7.08. The van der Waals surface area contributed by atoms with Gasteiger partial charge in [0.1, 0.15) is 0 Å². The van der Waals surface area contributed by atoms with Gasteiger partial charge < -0.3 is 4.74 Å². The Bertz CT molecular complexity index is 454. The topological polar surface area (TPSA) is 9.23 Å². The van der Waals surface area contributed by atoms with E-state index in [-0.39, 0.29) is 5.60 Å². The average Bonchev–Trinajstić information content (AvgIpc) is 2.89. The van der Waals surface area contributed by atoms with Gasteiger partial charge in [-0.1, -0.05) is 60.7 Å². The molecule has 1 fully saturated rings. The molecule has 1 saturated heterocycles. The zero-order valence-corrected chi connectivity index (χ0v) is 11.2. The number of benzene rings is 2. The Balaban J connectivity index is 1.79. The van der Waals surface area contributed by atoms with Gasteiger partial charge in [-0.3, -0.25) is 0 Å². The molecule has 1 heteroatoms. The number of ether oxygens (including phenoxy) is 1. The van der Waals surface area contributed by atoms with Gasteiger partial charge in [0.15, 0.2) is 0 Å². The number of rotatable bonds is 4. The van der Waals surface area contributed by atoms with E-state index in [1.54, 1.807) is 0 Å². The highest BCUT2D eigenvalue weighted by Crippen LogP contribution is 2.33. The summed E-state index contributed by atoms with van der Waals surface area (Å²) in [7, 11) is 0. The van der Waals surface area contributed by atoms with E-state index in [4.69, 9.17) is 4.74 Å². The average molecular weight is 252 g/mol. The molecule has 0 spiro atoms. The second-order valence-corrected chi connectivity index (χ2v) is 5.46. The lowest BCUT2D eigenvalue weighted by Gasteiger charge is -2.29. The first-order chi connectivity index (χ1) is 9.36. The van der Waals surface area contributed by atoms with Crippen molar-refractivity contribution in [3.63, 3.8) is 0 Å². The maximum atomic E-state index is 6.15. The molecular formula is C18H20O. The molecule has 0 aliphatic carbocycles. The molecule has 3 rings (SSSR count). The molecule has 98 valence electrons. The normalized spacial score (nSPS) is 17.5. The van der Waals surface area contributed by atoms with Crippen LogP contribution in [0.2, 0.25) is 0 Å². The van der Waals surface area contributed by atoms with Gasteiger partial charge in [0.05, 0.1) is 5.60 Å². The monoisotopic (exact) mass is 252 g/mol. The highest BCUT2D eigenvalue weighted by molar-refractivity contribution is 5.22. The predicted octanol–water partition coefficient (Wildman–Crippen LogP) is 4.02. The van der Waals surface area contributed by atoms with Crippen LogP contribution in [0.4, 0.5) is 0 Å². The van der Waals surface area contributed by atoms with Crippen molar-refractivity contribution in [1.29, 1.82) is 0 Å². The lowest BCUT2D eigenvalue weighted by Crippen LogP contribution is -2.33.